The number of oxazole rings is 1. The third-order valence-corrected chi connectivity index (χ3v) is 2.50. The van der Waals surface area contributed by atoms with Crippen molar-refractivity contribution in [2.75, 3.05) is 20.3 Å². The van der Waals surface area contributed by atoms with Crippen molar-refractivity contribution in [3.63, 3.8) is 0 Å². The third-order valence-electron chi connectivity index (χ3n) is 2.50. The van der Waals surface area contributed by atoms with Crippen molar-refractivity contribution in [3.05, 3.63) is 17.8 Å². The summed E-state index contributed by atoms with van der Waals surface area (Å²) < 4.78 is 10.7. The molecule has 1 aromatic rings. The van der Waals surface area contributed by atoms with Crippen molar-refractivity contribution in [1.82, 2.24) is 10.3 Å². The van der Waals surface area contributed by atoms with Crippen LogP contribution in [0.1, 0.15) is 30.3 Å². The summed E-state index contributed by atoms with van der Waals surface area (Å²) in [6.45, 7) is 2.43. The lowest BCUT2D eigenvalue weighted by Gasteiger charge is -2.18. The molecule has 1 aliphatic rings. The van der Waals surface area contributed by atoms with E-state index in [1.165, 1.54) is 0 Å². The van der Waals surface area contributed by atoms with Gasteiger partial charge in [0.25, 0.3) is 0 Å². The van der Waals surface area contributed by atoms with E-state index in [9.17, 15) is 0 Å². The van der Waals surface area contributed by atoms with Gasteiger partial charge in [0.05, 0.1) is 5.69 Å². The number of hydrogen-bond acceptors (Lipinski definition) is 4. The highest BCUT2D eigenvalue weighted by Crippen LogP contribution is 2.25. The molecular weight excluding hydrogens is 180 g/mol. The molecule has 2 heterocycles. The van der Waals surface area contributed by atoms with Crippen LogP contribution in [0.4, 0.5) is 0 Å². The Morgan fingerprint density at radius 3 is 3.00 bits per heavy atom. The van der Waals surface area contributed by atoms with E-state index in [1.54, 1.807) is 6.26 Å². The summed E-state index contributed by atoms with van der Waals surface area (Å²) in [4.78, 5) is 4.44. The van der Waals surface area contributed by atoms with Crippen LogP contribution in [0.25, 0.3) is 0 Å². The minimum atomic E-state index is 0.453. The van der Waals surface area contributed by atoms with Crippen molar-refractivity contribution in [1.29, 1.82) is 0 Å². The lowest BCUT2D eigenvalue weighted by molar-refractivity contribution is 0.0794. The Morgan fingerprint density at radius 2 is 2.29 bits per heavy atom. The molecule has 0 atom stereocenters. The van der Waals surface area contributed by atoms with Crippen LogP contribution in [-0.2, 0) is 11.3 Å². The number of ether oxygens (including phenoxy) is 1. The maximum absolute atomic E-state index is 5.45. The zero-order valence-corrected chi connectivity index (χ0v) is 8.45. The fourth-order valence-electron chi connectivity index (χ4n) is 1.72. The van der Waals surface area contributed by atoms with Gasteiger partial charge in [0.2, 0.25) is 0 Å². The minimum Gasteiger partial charge on any atom is -0.448 e. The van der Waals surface area contributed by atoms with Crippen molar-refractivity contribution in [2.24, 2.45) is 0 Å². The molecule has 4 heteroatoms. The van der Waals surface area contributed by atoms with Crippen LogP contribution in [0.2, 0.25) is 0 Å². The van der Waals surface area contributed by atoms with Crippen LogP contribution < -0.4 is 5.32 Å². The first-order chi connectivity index (χ1) is 6.90. The van der Waals surface area contributed by atoms with E-state index >= 15 is 0 Å². The Balaban J connectivity index is 2.00. The molecule has 14 heavy (non-hydrogen) atoms. The van der Waals surface area contributed by atoms with Gasteiger partial charge in [-0.25, -0.2) is 4.98 Å². The molecule has 2 rings (SSSR count). The van der Waals surface area contributed by atoms with Gasteiger partial charge in [0.1, 0.15) is 6.26 Å². The molecule has 0 bridgehead atoms. The van der Waals surface area contributed by atoms with Crippen LogP contribution in [0.3, 0.4) is 0 Å². The van der Waals surface area contributed by atoms with Gasteiger partial charge in [-0.15, -0.1) is 0 Å². The Morgan fingerprint density at radius 1 is 1.50 bits per heavy atom. The molecule has 0 aromatic carbocycles. The van der Waals surface area contributed by atoms with E-state index in [2.05, 4.69) is 10.3 Å². The first-order valence-corrected chi connectivity index (χ1v) is 5.07. The van der Waals surface area contributed by atoms with Gasteiger partial charge >= 0.3 is 0 Å². The largest absolute Gasteiger partial charge is 0.448 e. The smallest absolute Gasteiger partial charge is 0.197 e. The highest BCUT2D eigenvalue weighted by molar-refractivity contribution is 5.01. The van der Waals surface area contributed by atoms with Gasteiger partial charge in [0, 0.05) is 25.7 Å². The van der Waals surface area contributed by atoms with Crippen LogP contribution in [-0.4, -0.2) is 25.2 Å². The predicted molar refractivity (Wildman–Crippen MR) is 52.1 cm³/mol. The van der Waals surface area contributed by atoms with Crippen molar-refractivity contribution < 1.29 is 9.15 Å². The highest BCUT2D eigenvalue weighted by Gasteiger charge is 2.20. The molecular formula is C10H16N2O2. The van der Waals surface area contributed by atoms with Gasteiger partial charge in [0.15, 0.2) is 5.89 Å². The second-order valence-corrected chi connectivity index (χ2v) is 3.59. The number of nitrogens with zero attached hydrogens (tertiary/aromatic N) is 1. The second-order valence-electron chi connectivity index (χ2n) is 3.59. The van der Waals surface area contributed by atoms with Crippen molar-refractivity contribution in [3.8, 4) is 0 Å². The molecule has 0 radical (unpaired) electrons. The first-order valence-electron chi connectivity index (χ1n) is 5.07. The summed E-state index contributed by atoms with van der Waals surface area (Å²) in [5.41, 5.74) is 0.981. The maximum Gasteiger partial charge on any atom is 0.197 e. The highest BCUT2D eigenvalue weighted by atomic mass is 16.5. The predicted octanol–water partition coefficient (Wildman–Crippen LogP) is 1.29. The average Bonchev–Trinajstić information content (AvgIpc) is 2.68. The van der Waals surface area contributed by atoms with E-state index in [4.69, 9.17) is 9.15 Å². The van der Waals surface area contributed by atoms with E-state index < -0.39 is 0 Å². The fourth-order valence-corrected chi connectivity index (χ4v) is 1.72. The number of aromatic nitrogens is 1. The third kappa shape index (κ3) is 2.13. The zero-order chi connectivity index (χ0) is 9.80. The molecule has 0 saturated carbocycles. The number of rotatable bonds is 3. The molecule has 0 amide bonds. The Hall–Kier alpha value is -0.870. The average molecular weight is 196 g/mol. The monoisotopic (exact) mass is 196 g/mol. The molecule has 0 aliphatic carbocycles. The van der Waals surface area contributed by atoms with Crippen molar-refractivity contribution in [2.45, 2.75) is 25.3 Å². The van der Waals surface area contributed by atoms with Crippen LogP contribution in [0.5, 0.6) is 0 Å². The molecule has 0 unspecified atom stereocenters. The van der Waals surface area contributed by atoms with E-state index in [0.717, 1.165) is 44.2 Å². The molecule has 1 fully saturated rings. The minimum absolute atomic E-state index is 0.453. The van der Waals surface area contributed by atoms with Crippen LogP contribution >= 0.6 is 0 Å². The lowest BCUT2D eigenvalue weighted by atomic mass is 10.0. The second kappa shape index (κ2) is 4.57. The quantitative estimate of drug-likeness (QED) is 0.791. The van der Waals surface area contributed by atoms with Gasteiger partial charge < -0.3 is 14.5 Å². The van der Waals surface area contributed by atoms with E-state index in [1.807, 2.05) is 7.05 Å². The van der Waals surface area contributed by atoms with Gasteiger partial charge in [-0.05, 0) is 19.9 Å². The van der Waals surface area contributed by atoms with Gasteiger partial charge in [-0.1, -0.05) is 0 Å². The maximum atomic E-state index is 5.45. The molecule has 4 nitrogen and oxygen atoms in total. The summed E-state index contributed by atoms with van der Waals surface area (Å²) in [7, 11) is 1.91. The summed E-state index contributed by atoms with van der Waals surface area (Å²) in [6.07, 6.45) is 3.79. The Kier molecular flexibility index (Phi) is 3.16. The number of nitrogens with one attached hydrogen (secondary N) is 1. The standard InChI is InChI=1S/C10H16N2O2/c1-11-6-9-7-14-10(12-9)8-2-4-13-5-3-8/h7-8,11H,2-6H2,1H3. The topological polar surface area (TPSA) is 47.3 Å². The fraction of sp³-hybridized carbons (Fsp3) is 0.700. The van der Waals surface area contributed by atoms with Crippen molar-refractivity contribution >= 4 is 0 Å². The summed E-state index contributed by atoms with van der Waals surface area (Å²) in [5.74, 6) is 1.33. The summed E-state index contributed by atoms with van der Waals surface area (Å²) in [6, 6.07) is 0. The lowest BCUT2D eigenvalue weighted by Crippen LogP contribution is -2.14. The van der Waals surface area contributed by atoms with Crippen LogP contribution in [0, 0.1) is 0 Å². The normalized spacial score (nSPS) is 18.6. The van der Waals surface area contributed by atoms with Crippen LogP contribution in [0.15, 0.2) is 10.7 Å². The first kappa shape index (κ1) is 9.68. The molecule has 0 spiro atoms. The zero-order valence-electron chi connectivity index (χ0n) is 8.45. The van der Waals surface area contributed by atoms with Gasteiger partial charge in [-0.3, -0.25) is 0 Å². The van der Waals surface area contributed by atoms with Gasteiger partial charge in [-0.2, -0.15) is 0 Å². The summed E-state index contributed by atoms with van der Waals surface area (Å²) in [5, 5.41) is 3.05. The molecule has 1 N–H and O–H groups in total. The number of hydrogen-bond donors (Lipinski definition) is 1. The Bertz CT molecular complexity index is 279. The molecule has 1 aromatic heterocycles. The SMILES string of the molecule is CNCc1coc(C2CCOCC2)n1. The Labute approximate surface area is 83.7 Å². The summed E-state index contributed by atoms with van der Waals surface area (Å²) >= 11 is 0. The molecule has 1 saturated heterocycles. The van der Waals surface area contributed by atoms with E-state index in [0.29, 0.717) is 5.92 Å². The molecule has 78 valence electrons. The van der Waals surface area contributed by atoms with E-state index in [-0.39, 0.29) is 0 Å². The molecule has 1 aliphatic heterocycles.